The molecule has 0 aliphatic heterocycles. The van der Waals surface area contributed by atoms with E-state index >= 15 is 0 Å². The summed E-state index contributed by atoms with van der Waals surface area (Å²) in [6.07, 6.45) is 0. The second kappa shape index (κ2) is 6.10. The van der Waals surface area contributed by atoms with Crippen molar-refractivity contribution < 1.29 is 9.84 Å². The summed E-state index contributed by atoms with van der Waals surface area (Å²) >= 11 is 1.65. The van der Waals surface area contributed by atoms with Crippen LogP contribution in [0.5, 0.6) is 11.5 Å². The molecule has 0 aromatic heterocycles. The van der Waals surface area contributed by atoms with E-state index in [0.717, 1.165) is 20.6 Å². The van der Waals surface area contributed by atoms with Gasteiger partial charge in [-0.05, 0) is 34.4 Å². The van der Waals surface area contributed by atoms with Gasteiger partial charge in [-0.15, -0.1) is 0 Å². The van der Waals surface area contributed by atoms with Crippen molar-refractivity contribution in [1.82, 2.24) is 0 Å². The fourth-order valence-electron chi connectivity index (χ4n) is 2.96. The zero-order valence-electron chi connectivity index (χ0n) is 13.2. The Labute approximate surface area is 144 Å². The summed E-state index contributed by atoms with van der Waals surface area (Å²) in [5, 5.41) is 14.7. The molecular formula is C21H16O2S. The maximum absolute atomic E-state index is 10.3. The molecule has 0 fully saturated rings. The van der Waals surface area contributed by atoms with Crippen molar-refractivity contribution in [2.45, 2.75) is 9.79 Å². The van der Waals surface area contributed by atoms with Gasteiger partial charge in [-0.2, -0.15) is 0 Å². The molecule has 4 aromatic carbocycles. The van der Waals surface area contributed by atoms with Crippen LogP contribution in [0, 0.1) is 0 Å². The summed E-state index contributed by atoms with van der Waals surface area (Å²) in [6, 6.07) is 24.5. The largest absolute Gasteiger partial charge is 0.504 e. The number of fused-ring (bicyclic) bond motifs is 2. The summed E-state index contributed by atoms with van der Waals surface area (Å²) in [5.41, 5.74) is 0. The molecule has 1 N–H and O–H groups in total. The van der Waals surface area contributed by atoms with Crippen LogP contribution in [0.25, 0.3) is 21.5 Å². The molecule has 0 aliphatic carbocycles. The highest BCUT2D eigenvalue weighted by Gasteiger charge is 2.13. The van der Waals surface area contributed by atoms with E-state index < -0.39 is 0 Å². The van der Waals surface area contributed by atoms with Crippen molar-refractivity contribution in [2.75, 3.05) is 7.11 Å². The number of ether oxygens (including phenoxy) is 1. The van der Waals surface area contributed by atoms with Gasteiger partial charge in [0.15, 0.2) is 11.5 Å². The van der Waals surface area contributed by atoms with E-state index in [4.69, 9.17) is 4.74 Å². The minimum absolute atomic E-state index is 0.166. The number of phenols is 1. The van der Waals surface area contributed by atoms with Crippen molar-refractivity contribution in [2.24, 2.45) is 0 Å². The van der Waals surface area contributed by atoms with Crippen molar-refractivity contribution >= 4 is 33.3 Å². The van der Waals surface area contributed by atoms with Crippen molar-refractivity contribution in [3.05, 3.63) is 72.8 Å². The molecule has 0 atom stereocenters. The Balaban J connectivity index is 1.84. The number of hydrogen-bond acceptors (Lipinski definition) is 3. The summed E-state index contributed by atoms with van der Waals surface area (Å²) in [5.74, 6) is 0.688. The topological polar surface area (TPSA) is 29.5 Å². The monoisotopic (exact) mass is 332 g/mol. The fourth-order valence-corrected chi connectivity index (χ4v) is 3.99. The Morgan fingerprint density at radius 3 is 2.29 bits per heavy atom. The Morgan fingerprint density at radius 1 is 0.792 bits per heavy atom. The van der Waals surface area contributed by atoms with Gasteiger partial charge in [0.25, 0.3) is 0 Å². The van der Waals surface area contributed by atoms with E-state index in [1.54, 1.807) is 24.9 Å². The molecule has 0 saturated carbocycles. The van der Waals surface area contributed by atoms with Gasteiger partial charge < -0.3 is 9.84 Å². The third-order valence-electron chi connectivity index (χ3n) is 4.09. The predicted molar refractivity (Wildman–Crippen MR) is 100 cm³/mol. The number of hydrogen-bond donors (Lipinski definition) is 1. The van der Waals surface area contributed by atoms with E-state index in [9.17, 15) is 5.11 Å². The van der Waals surface area contributed by atoms with Crippen LogP contribution in [-0.4, -0.2) is 12.2 Å². The van der Waals surface area contributed by atoms with Gasteiger partial charge in [0, 0.05) is 15.2 Å². The highest BCUT2D eigenvalue weighted by atomic mass is 32.2. The van der Waals surface area contributed by atoms with Crippen LogP contribution in [0.3, 0.4) is 0 Å². The maximum Gasteiger partial charge on any atom is 0.168 e. The Kier molecular flexibility index (Phi) is 3.79. The molecule has 0 spiro atoms. The van der Waals surface area contributed by atoms with Crippen LogP contribution < -0.4 is 4.74 Å². The molecule has 0 bridgehead atoms. The van der Waals surface area contributed by atoms with Crippen LogP contribution >= 0.6 is 11.8 Å². The highest BCUT2D eigenvalue weighted by Crippen LogP contribution is 2.43. The Bertz CT molecular complexity index is 1040. The molecule has 24 heavy (non-hydrogen) atoms. The quantitative estimate of drug-likeness (QED) is 0.509. The Hall–Kier alpha value is -2.65. The molecule has 0 aliphatic rings. The number of methoxy groups -OCH3 is 1. The van der Waals surface area contributed by atoms with Gasteiger partial charge in [0.2, 0.25) is 0 Å². The first-order valence-electron chi connectivity index (χ1n) is 7.71. The molecule has 0 amide bonds. The second-order valence-electron chi connectivity index (χ2n) is 5.58. The minimum Gasteiger partial charge on any atom is -0.504 e. The molecule has 3 heteroatoms. The highest BCUT2D eigenvalue weighted by molar-refractivity contribution is 7.99. The van der Waals surface area contributed by atoms with Gasteiger partial charge >= 0.3 is 0 Å². The molecule has 2 nitrogen and oxygen atoms in total. The number of phenolic OH excluding ortho intramolecular Hbond substituents is 1. The summed E-state index contributed by atoms with van der Waals surface area (Å²) in [6.45, 7) is 0. The molecule has 0 heterocycles. The predicted octanol–water partition coefficient (Wildman–Crippen LogP) is 5.86. The molecule has 0 saturated heterocycles. The van der Waals surface area contributed by atoms with Crippen molar-refractivity contribution in [3.63, 3.8) is 0 Å². The van der Waals surface area contributed by atoms with Crippen molar-refractivity contribution in [1.29, 1.82) is 0 Å². The third kappa shape index (κ3) is 2.57. The van der Waals surface area contributed by atoms with Gasteiger partial charge in [0.1, 0.15) is 0 Å². The van der Waals surface area contributed by atoms with Crippen LogP contribution in [0.2, 0.25) is 0 Å². The maximum atomic E-state index is 10.3. The molecule has 0 unspecified atom stereocenters. The first-order chi connectivity index (χ1) is 11.8. The summed E-state index contributed by atoms with van der Waals surface area (Å²) in [4.78, 5) is 2.16. The van der Waals surface area contributed by atoms with Crippen LogP contribution in [0.1, 0.15) is 0 Å². The number of aromatic hydroxyl groups is 1. The van der Waals surface area contributed by atoms with Crippen molar-refractivity contribution in [3.8, 4) is 11.5 Å². The number of rotatable bonds is 3. The lowest BCUT2D eigenvalue weighted by Gasteiger charge is -2.12. The third-order valence-corrected chi connectivity index (χ3v) is 5.14. The lowest BCUT2D eigenvalue weighted by atomic mass is 10.1. The normalized spacial score (nSPS) is 11.0. The van der Waals surface area contributed by atoms with E-state index in [0.29, 0.717) is 5.75 Å². The fraction of sp³-hybridized carbons (Fsp3) is 0.0476. The van der Waals surface area contributed by atoms with Gasteiger partial charge in [-0.3, -0.25) is 0 Å². The summed E-state index contributed by atoms with van der Waals surface area (Å²) < 4.78 is 5.36. The minimum atomic E-state index is 0.166. The van der Waals surface area contributed by atoms with Crippen LogP contribution in [-0.2, 0) is 0 Å². The molecular weight excluding hydrogens is 316 g/mol. The lowest BCUT2D eigenvalue weighted by Crippen LogP contribution is -1.88. The average molecular weight is 332 g/mol. The van der Waals surface area contributed by atoms with E-state index in [1.165, 1.54) is 10.8 Å². The number of benzene rings is 4. The molecule has 0 radical (unpaired) electrons. The standard InChI is InChI=1S/C21H16O2S/c1-23-21-18-9-5-4-8-17(18)20(13-19(21)22)24-16-11-10-14-6-2-3-7-15(14)12-16/h2-13,22H,1H3. The zero-order chi connectivity index (χ0) is 16.5. The zero-order valence-corrected chi connectivity index (χ0v) is 14.0. The van der Waals surface area contributed by atoms with E-state index in [2.05, 4.69) is 36.4 Å². The smallest absolute Gasteiger partial charge is 0.168 e. The van der Waals surface area contributed by atoms with Gasteiger partial charge in [-0.1, -0.05) is 66.4 Å². The summed E-state index contributed by atoms with van der Waals surface area (Å²) in [7, 11) is 1.58. The molecule has 4 rings (SSSR count). The van der Waals surface area contributed by atoms with Crippen LogP contribution in [0.4, 0.5) is 0 Å². The lowest BCUT2D eigenvalue weighted by molar-refractivity contribution is 0.377. The van der Waals surface area contributed by atoms with E-state index in [1.807, 2.05) is 30.3 Å². The first kappa shape index (κ1) is 14.9. The second-order valence-corrected chi connectivity index (χ2v) is 6.70. The van der Waals surface area contributed by atoms with Gasteiger partial charge in [-0.25, -0.2) is 0 Å². The van der Waals surface area contributed by atoms with E-state index in [-0.39, 0.29) is 5.75 Å². The molecule has 4 aromatic rings. The van der Waals surface area contributed by atoms with Crippen LogP contribution in [0.15, 0.2) is 82.6 Å². The van der Waals surface area contributed by atoms with Gasteiger partial charge in [0.05, 0.1) is 7.11 Å². The SMILES string of the molecule is COc1c(O)cc(Sc2ccc3ccccc3c2)c2ccccc12. The molecule has 118 valence electrons. The average Bonchev–Trinajstić information content (AvgIpc) is 2.62. The Morgan fingerprint density at radius 2 is 1.50 bits per heavy atom. The first-order valence-corrected chi connectivity index (χ1v) is 8.53.